The molecule has 10 heteroatoms. The third-order valence-electron chi connectivity index (χ3n) is 0. The molecule has 72 valence electrons. The summed E-state index contributed by atoms with van der Waals surface area (Å²) in [6.07, 6.45) is -7.75. The van der Waals surface area contributed by atoms with E-state index in [9.17, 15) is 13.2 Å². The molecule has 0 saturated carbocycles. The van der Waals surface area contributed by atoms with Crippen molar-refractivity contribution in [2.45, 2.75) is 0 Å². The van der Waals surface area contributed by atoms with E-state index in [0.29, 0.717) is 0 Å². The van der Waals surface area contributed by atoms with Gasteiger partial charge in [-0.3, -0.25) is 0 Å². The molecule has 0 aliphatic carbocycles. The van der Waals surface area contributed by atoms with Gasteiger partial charge in [0.1, 0.15) is 0 Å². The van der Waals surface area contributed by atoms with E-state index in [0.717, 1.165) is 0 Å². The van der Waals surface area contributed by atoms with Crippen molar-refractivity contribution < 1.29 is 78.5 Å². The van der Waals surface area contributed by atoms with E-state index in [2.05, 4.69) is 0 Å². The third-order valence-corrected chi connectivity index (χ3v) is 0. The first-order valence-electron chi connectivity index (χ1n) is 1.79. The fourth-order valence-electron chi connectivity index (χ4n) is 0. The molecule has 0 rings (SSSR count). The van der Waals surface area contributed by atoms with Crippen molar-refractivity contribution in [3.8, 4) is 0 Å². The predicted molar refractivity (Wildman–Crippen MR) is 19.5 cm³/mol. The summed E-state index contributed by atoms with van der Waals surface area (Å²) in [6.45, 7) is 0. The van der Waals surface area contributed by atoms with Crippen molar-refractivity contribution in [3.05, 3.63) is 0 Å². The van der Waals surface area contributed by atoms with Gasteiger partial charge in [-0.05, 0) is 0 Å². The summed E-state index contributed by atoms with van der Waals surface area (Å²) in [5.41, 5.74) is 0. The van der Waals surface area contributed by atoms with Crippen LogP contribution in [-0.4, -0.2) is 18.7 Å². The average Bonchev–Trinajstić information content (AvgIpc) is 1.54. The van der Waals surface area contributed by atoms with Gasteiger partial charge in [-0.1, -0.05) is 0 Å². The molecule has 0 aromatic heterocycles. The molecule has 0 saturated heterocycles. The SMILES string of the molecule is O=C([O-])F.O=C([O-])F.O=C([O-])F.[La+3]. The fourth-order valence-corrected chi connectivity index (χ4v) is 0. The van der Waals surface area contributed by atoms with Crippen LogP contribution in [0.4, 0.5) is 27.6 Å². The van der Waals surface area contributed by atoms with E-state index in [1.165, 1.54) is 0 Å². The summed E-state index contributed by atoms with van der Waals surface area (Å²) in [6, 6.07) is 0. The Labute approximate surface area is 96.9 Å². The molecule has 0 bridgehead atoms. The van der Waals surface area contributed by atoms with Crippen molar-refractivity contribution in [2.75, 3.05) is 0 Å². The van der Waals surface area contributed by atoms with Gasteiger partial charge in [0, 0.05) is 0 Å². The first kappa shape index (κ1) is 22.8. The van der Waals surface area contributed by atoms with Gasteiger partial charge in [0.2, 0.25) is 18.7 Å². The summed E-state index contributed by atoms with van der Waals surface area (Å²) < 4.78 is 29.4. The van der Waals surface area contributed by atoms with Crippen LogP contribution < -0.4 is 15.3 Å². The Morgan fingerprint density at radius 2 is 0.692 bits per heavy atom. The van der Waals surface area contributed by atoms with Gasteiger partial charge in [-0.2, -0.15) is 13.2 Å². The van der Waals surface area contributed by atoms with Crippen molar-refractivity contribution in [2.24, 2.45) is 0 Å². The zero-order valence-electron chi connectivity index (χ0n) is 5.66. The number of halogens is 3. The van der Waals surface area contributed by atoms with E-state index in [1.807, 2.05) is 0 Å². The molecule has 0 amide bonds. The van der Waals surface area contributed by atoms with Crippen LogP contribution in [-0.2, 0) is 0 Å². The topological polar surface area (TPSA) is 120 Å². The van der Waals surface area contributed by atoms with Crippen molar-refractivity contribution in [1.82, 2.24) is 0 Å². The summed E-state index contributed by atoms with van der Waals surface area (Å²) in [7, 11) is 0. The molecule has 0 N–H and O–H groups in total. The van der Waals surface area contributed by atoms with Gasteiger partial charge in [0.05, 0.1) is 0 Å². The molecule has 6 nitrogen and oxygen atoms in total. The van der Waals surface area contributed by atoms with Gasteiger partial charge in [0.25, 0.3) is 0 Å². The quantitative estimate of drug-likeness (QED) is 0.470. The Morgan fingerprint density at radius 1 is 0.692 bits per heavy atom. The molecule has 0 radical (unpaired) electrons. The normalized spacial score (nSPS) is 5.77. The molecular weight excluding hydrogens is 328 g/mol. The Balaban J connectivity index is -0.0000000450. The fraction of sp³-hybridized carbons (Fsp3) is 0. The molecule has 0 aromatic rings. The van der Waals surface area contributed by atoms with Crippen LogP contribution in [0.2, 0.25) is 0 Å². The summed E-state index contributed by atoms with van der Waals surface area (Å²) >= 11 is 0. The van der Waals surface area contributed by atoms with Crippen LogP contribution in [0.3, 0.4) is 0 Å². The van der Waals surface area contributed by atoms with E-state index >= 15 is 0 Å². The maximum absolute atomic E-state index is 9.81. The molecule has 0 atom stereocenters. The number of hydrogen-bond acceptors (Lipinski definition) is 6. The van der Waals surface area contributed by atoms with Crippen LogP contribution in [0.25, 0.3) is 0 Å². The Morgan fingerprint density at radius 3 is 0.692 bits per heavy atom. The number of hydrogen-bond donors (Lipinski definition) is 0. The molecule has 0 spiro atoms. The number of carbonyl (C=O) groups excluding carboxylic acids is 3. The second-order valence-electron chi connectivity index (χ2n) is 0.713. The zero-order chi connectivity index (χ0) is 10.7. The maximum Gasteiger partial charge on any atom is 3.00 e. The van der Waals surface area contributed by atoms with Crippen LogP contribution in [0, 0.1) is 35.6 Å². The van der Waals surface area contributed by atoms with E-state index < -0.39 is 18.7 Å². The molecule has 13 heavy (non-hydrogen) atoms. The monoisotopic (exact) mass is 328 g/mol. The van der Waals surface area contributed by atoms with Gasteiger partial charge in [-0.25, -0.2) is 0 Å². The van der Waals surface area contributed by atoms with Crippen LogP contribution in [0.1, 0.15) is 0 Å². The van der Waals surface area contributed by atoms with E-state index in [4.69, 9.17) is 29.7 Å². The summed E-state index contributed by atoms with van der Waals surface area (Å²) in [5, 5.41) is 24.7. The minimum Gasteiger partial charge on any atom is -0.520 e. The van der Waals surface area contributed by atoms with E-state index in [1.54, 1.807) is 0 Å². The summed E-state index contributed by atoms with van der Waals surface area (Å²) in [4.78, 5) is 24.7. The molecule has 0 aliphatic rings. The number of carbonyl (C=O) groups is 3. The van der Waals surface area contributed by atoms with Gasteiger partial charge >= 0.3 is 35.6 Å². The largest absolute Gasteiger partial charge is 3.00 e. The molecule has 0 aromatic carbocycles. The summed E-state index contributed by atoms with van der Waals surface area (Å²) in [5.74, 6) is 0. The van der Waals surface area contributed by atoms with Crippen LogP contribution in [0.5, 0.6) is 0 Å². The Hall–Kier alpha value is -0.605. The molecule has 0 unspecified atom stereocenters. The van der Waals surface area contributed by atoms with Crippen LogP contribution in [0.15, 0.2) is 0 Å². The van der Waals surface area contributed by atoms with Crippen molar-refractivity contribution in [3.63, 3.8) is 0 Å². The second kappa shape index (κ2) is 17.5. The van der Waals surface area contributed by atoms with Gasteiger partial charge in [0.15, 0.2) is 0 Å². The van der Waals surface area contributed by atoms with Crippen LogP contribution >= 0.6 is 0 Å². The van der Waals surface area contributed by atoms with E-state index in [-0.39, 0.29) is 35.6 Å². The first-order valence-corrected chi connectivity index (χ1v) is 1.79. The predicted octanol–water partition coefficient (Wildman–Crippen LogP) is -2.10. The minimum atomic E-state index is -2.58. The number of rotatable bonds is 0. The zero-order valence-corrected chi connectivity index (χ0v) is 9.29. The number of carboxylic acid groups (broad SMARTS) is 3. The standard InChI is InChI=1S/3CHFO2.La/c3*2-1(3)4;/h3*(H,3,4);/q;;;+3/p-3. The second-order valence-corrected chi connectivity index (χ2v) is 0.713. The molecule has 0 fully saturated rings. The van der Waals surface area contributed by atoms with Crippen molar-refractivity contribution in [1.29, 1.82) is 0 Å². The molecule has 0 heterocycles. The molecule has 0 aliphatic heterocycles. The first-order chi connectivity index (χ1) is 5.20. The minimum absolute atomic E-state index is 0. The van der Waals surface area contributed by atoms with Gasteiger partial charge < -0.3 is 29.7 Å². The Bertz CT molecular complexity index is 121. The average molecular weight is 328 g/mol. The van der Waals surface area contributed by atoms with Gasteiger partial charge in [-0.15, -0.1) is 0 Å². The van der Waals surface area contributed by atoms with Crippen molar-refractivity contribution >= 4 is 18.7 Å². The molecular formula is C3F3LaO6. The Kier molecular flexibility index (Phi) is 30.7. The smallest absolute Gasteiger partial charge is 0.520 e. The maximum atomic E-state index is 9.81. The third kappa shape index (κ3) is 2750.